The van der Waals surface area contributed by atoms with Crippen LogP contribution in [0, 0.1) is 13.8 Å². The Bertz CT molecular complexity index is 826. The molecule has 1 aromatic carbocycles. The molecule has 0 bridgehead atoms. The predicted octanol–water partition coefficient (Wildman–Crippen LogP) is 2.26. The van der Waals surface area contributed by atoms with Gasteiger partial charge in [-0.15, -0.1) is 0 Å². The number of anilines is 1. The largest absolute Gasteiger partial charge is 0.396 e. The van der Waals surface area contributed by atoms with Crippen LogP contribution in [0.4, 0.5) is 5.69 Å². The number of carbonyl (C=O) groups is 1. The van der Waals surface area contributed by atoms with Crippen molar-refractivity contribution in [2.24, 2.45) is 7.05 Å². The van der Waals surface area contributed by atoms with Crippen molar-refractivity contribution >= 4 is 22.5 Å². The lowest BCUT2D eigenvalue weighted by atomic mass is 10.1. The van der Waals surface area contributed by atoms with Crippen LogP contribution in [0.2, 0.25) is 0 Å². The summed E-state index contributed by atoms with van der Waals surface area (Å²) in [6.07, 6.45) is 1.94. The second-order valence-electron chi connectivity index (χ2n) is 4.97. The van der Waals surface area contributed by atoms with E-state index in [1.807, 2.05) is 42.1 Å². The van der Waals surface area contributed by atoms with Gasteiger partial charge < -0.3 is 10.3 Å². The van der Waals surface area contributed by atoms with Crippen LogP contribution < -0.4 is 5.73 Å². The maximum absolute atomic E-state index is 12.7. The monoisotopic (exact) mass is 268 g/mol. The highest BCUT2D eigenvalue weighted by molar-refractivity contribution is 6.07. The Morgan fingerprint density at radius 2 is 2.00 bits per heavy atom. The van der Waals surface area contributed by atoms with Gasteiger partial charge in [-0.1, -0.05) is 6.07 Å². The van der Waals surface area contributed by atoms with E-state index in [1.54, 1.807) is 13.8 Å². The number of aryl methyl sites for hydroxylation is 2. The molecule has 0 aliphatic rings. The normalized spacial score (nSPS) is 11.2. The highest BCUT2D eigenvalue weighted by Gasteiger charge is 2.18. The fraction of sp³-hybridized carbons (Fsp3) is 0.200. The van der Waals surface area contributed by atoms with Crippen molar-refractivity contribution in [3.63, 3.8) is 0 Å². The van der Waals surface area contributed by atoms with E-state index < -0.39 is 0 Å². The molecule has 0 amide bonds. The van der Waals surface area contributed by atoms with Crippen molar-refractivity contribution in [2.45, 2.75) is 13.8 Å². The summed E-state index contributed by atoms with van der Waals surface area (Å²) >= 11 is 0. The van der Waals surface area contributed by atoms with Gasteiger partial charge in [-0.2, -0.15) is 9.78 Å². The van der Waals surface area contributed by atoms with Crippen LogP contribution in [0.3, 0.4) is 0 Å². The van der Waals surface area contributed by atoms with E-state index in [9.17, 15) is 4.79 Å². The Morgan fingerprint density at radius 1 is 1.25 bits per heavy atom. The van der Waals surface area contributed by atoms with Gasteiger partial charge in [0.05, 0.1) is 22.6 Å². The van der Waals surface area contributed by atoms with Gasteiger partial charge in [0.2, 0.25) is 0 Å². The minimum atomic E-state index is -0.154. The number of nitrogens with zero attached hydrogens (tertiary/aromatic N) is 3. The number of hydrogen-bond acceptors (Lipinski definition) is 3. The van der Waals surface area contributed by atoms with Crippen LogP contribution in [0.1, 0.15) is 21.7 Å². The smallest absolute Gasteiger partial charge is 0.279 e. The van der Waals surface area contributed by atoms with Crippen LogP contribution in [0.5, 0.6) is 0 Å². The van der Waals surface area contributed by atoms with Crippen LogP contribution in [0.25, 0.3) is 10.9 Å². The minimum Gasteiger partial charge on any atom is -0.396 e. The molecule has 3 rings (SSSR count). The molecule has 5 heteroatoms. The van der Waals surface area contributed by atoms with Crippen LogP contribution in [-0.4, -0.2) is 20.3 Å². The van der Waals surface area contributed by atoms with Gasteiger partial charge in [-0.25, -0.2) is 0 Å². The molecule has 2 aromatic heterocycles. The molecule has 0 radical (unpaired) electrons. The minimum absolute atomic E-state index is 0.154. The molecule has 2 N–H and O–H groups in total. The van der Waals surface area contributed by atoms with E-state index in [4.69, 9.17) is 5.73 Å². The molecule has 20 heavy (non-hydrogen) atoms. The van der Waals surface area contributed by atoms with Crippen molar-refractivity contribution in [3.05, 3.63) is 47.4 Å². The molecule has 0 atom stereocenters. The zero-order valence-corrected chi connectivity index (χ0v) is 11.7. The van der Waals surface area contributed by atoms with Crippen molar-refractivity contribution in [1.29, 1.82) is 0 Å². The van der Waals surface area contributed by atoms with Gasteiger partial charge >= 0.3 is 0 Å². The van der Waals surface area contributed by atoms with Gasteiger partial charge in [0.15, 0.2) is 0 Å². The van der Waals surface area contributed by atoms with Gasteiger partial charge in [0.25, 0.3) is 5.91 Å². The number of nitrogen functional groups attached to an aromatic ring is 1. The molecule has 0 fully saturated rings. The zero-order valence-electron chi connectivity index (χ0n) is 11.7. The molecule has 0 aliphatic carbocycles. The summed E-state index contributed by atoms with van der Waals surface area (Å²) in [5.74, 6) is -0.154. The Morgan fingerprint density at radius 3 is 2.65 bits per heavy atom. The lowest BCUT2D eigenvalue weighted by Gasteiger charge is -2.05. The maximum Gasteiger partial charge on any atom is 0.279 e. The molecular weight excluding hydrogens is 252 g/mol. The zero-order chi connectivity index (χ0) is 14.4. The first-order valence-electron chi connectivity index (χ1n) is 6.41. The van der Waals surface area contributed by atoms with Gasteiger partial charge in [0, 0.05) is 24.1 Å². The summed E-state index contributed by atoms with van der Waals surface area (Å²) in [5, 5.41) is 5.16. The van der Waals surface area contributed by atoms with Gasteiger partial charge in [-0.05, 0) is 32.0 Å². The molecule has 3 aromatic rings. The summed E-state index contributed by atoms with van der Waals surface area (Å²) in [5.41, 5.74) is 9.47. The van der Waals surface area contributed by atoms with Crippen LogP contribution >= 0.6 is 0 Å². The second kappa shape index (κ2) is 4.23. The summed E-state index contributed by atoms with van der Waals surface area (Å²) in [7, 11) is 1.96. The number of aromatic nitrogens is 3. The topological polar surface area (TPSA) is 65.8 Å². The Hall–Kier alpha value is -2.56. The lowest BCUT2D eigenvalue weighted by Crippen LogP contribution is -2.15. The first-order valence-corrected chi connectivity index (χ1v) is 6.41. The lowest BCUT2D eigenvalue weighted by molar-refractivity contribution is 0.0944. The van der Waals surface area contributed by atoms with E-state index in [0.717, 1.165) is 10.9 Å². The van der Waals surface area contributed by atoms with Crippen molar-refractivity contribution < 1.29 is 4.79 Å². The van der Waals surface area contributed by atoms with E-state index in [2.05, 4.69) is 5.10 Å². The highest BCUT2D eigenvalue weighted by Crippen LogP contribution is 2.22. The number of benzene rings is 1. The summed E-state index contributed by atoms with van der Waals surface area (Å²) in [4.78, 5) is 12.7. The fourth-order valence-electron chi connectivity index (χ4n) is 2.46. The van der Waals surface area contributed by atoms with Gasteiger partial charge in [0.1, 0.15) is 0 Å². The van der Waals surface area contributed by atoms with E-state index in [-0.39, 0.29) is 5.91 Å². The number of rotatable bonds is 1. The second-order valence-corrected chi connectivity index (χ2v) is 4.97. The van der Waals surface area contributed by atoms with Gasteiger partial charge in [-0.3, -0.25) is 4.79 Å². The maximum atomic E-state index is 12.7. The summed E-state index contributed by atoms with van der Waals surface area (Å²) in [6.45, 7) is 3.60. The predicted molar refractivity (Wildman–Crippen MR) is 78.8 cm³/mol. The number of hydrogen-bond donors (Lipinski definition) is 1. The van der Waals surface area contributed by atoms with E-state index >= 15 is 0 Å². The third-order valence-corrected chi connectivity index (χ3v) is 3.70. The Kier molecular flexibility index (Phi) is 2.64. The molecule has 0 saturated carbocycles. The molecule has 0 aliphatic heterocycles. The van der Waals surface area contributed by atoms with Crippen LogP contribution in [0.15, 0.2) is 30.5 Å². The third-order valence-electron chi connectivity index (χ3n) is 3.70. The molecule has 102 valence electrons. The molecular formula is C15H16N4O. The molecule has 5 nitrogen and oxygen atoms in total. The summed E-state index contributed by atoms with van der Waals surface area (Å²) < 4.78 is 3.37. The van der Waals surface area contributed by atoms with E-state index in [0.29, 0.717) is 22.6 Å². The first-order chi connectivity index (χ1) is 9.50. The van der Waals surface area contributed by atoms with Crippen LogP contribution in [-0.2, 0) is 7.05 Å². The fourth-order valence-corrected chi connectivity index (χ4v) is 2.46. The SMILES string of the molecule is Cc1nn(C(=O)c2cccc3c2ccn3C)c(C)c1N. The number of fused-ring (bicyclic) bond motifs is 1. The standard InChI is InChI=1S/C15H16N4O/c1-9-14(16)10(2)19(17-9)15(20)12-5-4-6-13-11(12)7-8-18(13)3/h4-8H,16H2,1-3H3. The Balaban J connectivity index is 2.20. The van der Waals surface area contributed by atoms with Crippen molar-refractivity contribution in [3.8, 4) is 0 Å². The highest BCUT2D eigenvalue weighted by atomic mass is 16.2. The average Bonchev–Trinajstić information content (AvgIpc) is 2.94. The molecule has 0 saturated heterocycles. The first kappa shape index (κ1) is 12.5. The Labute approximate surface area is 116 Å². The average molecular weight is 268 g/mol. The third kappa shape index (κ3) is 1.63. The number of carbonyl (C=O) groups excluding carboxylic acids is 1. The molecule has 2 heterocycles. The molecule has 0 unspecified atom stereocenters. The van der Waals surface area contributed by atoms with Crippen molar-refractivity contribution in [1.82, 2.24) is 14.3 Å². The van der Waals surface area contributed by atoms with E-state index in [1.165, 1.54) is 4.68 Å². The molecule has 0 spiro atoms. The van der Waals surface area contributed by atoms with Crippen molar-refractivity contribution in [2.75, 3.05) is 5.73 Å². The summed E-state index contributed by atoms with van der Waals surface area (Å²) in [6, 6.07) is 7.63. The number of nitrogens with two attached hydrogens (primary N) is 1. The quantitative estimate of drug-likeness (QED) is 0.736.